The lowest BCUT2D eigenvalue weighted by Gasteiger charge is -2.31. The van der Waals surface area contributed by atoms with Crippen molar-refractivity contribution >= 4 is 11.6 Å². The number of halogens is 4. The second-order valence-corrected chi connectivity index (χ2v) is 6.76. The molecule has 0 bridgehead atoms. The second-order valence-electron chi connectivity index (χ2n) is 6.33. The molecule has 0 unspecified atom stereocenters. The van der Waals surface area contributed by atoms with Gasteiger partial charge in [0.15, 0.2) is 0 Å². The van der Waals surface area contributed by atoms with Crippen molar-refractivity contribution < 1.29 is 17.9 Å². The summed E-state index contributed by atoms with van der Waals surface area (Å²) in [6.45, 7) is 1.00. The molecule has 3 rings (SSSR count). The Kier molecular flexibility index (Phi) is 6.06. The Morgan fingerprint density at radius 3 is 2.54 bits per heavy atom. The largest absolute Gasteiger partial charge is 0.573 e. The van der Waals surface area contributed by atoms with Gasteiger partial charge in [0.25, 0.3) is 0 Å². The molecule has 0 aliphatic carbocycles. The molecule has 2 aromatic rings. The van der Waals surface area contributed by atoms with E-state index < -0.39 is 6.36 Å². The summed E-state index contributed by atoms with van der Waals surface area (Å²) in [6, 6.07) is 14.8. The van der Waals surface area contributed by atoms with Crippen molar-refractivity contribution in [3.05, 3.63) is 64.7 Å². The molecule has 7 heteroatoms. The predicted molar refractivity (Wildman–Crippen MR) is 95.2 cm³/mol. The van der Waals surface area contributed by atoms with Crippen LogP contribution in [0, 0.1) is 0 Å². The average Bonchev–Trinajstić information content (AvgIpc) is 2.62. The van der Waals surface area contributed by atoms with Crippen LogP contribution in [0.1, 0.15) is 30.0 Å². The van der Waals surface area contributed by atoms with Crippen molar-refractivity contribution in [3.63, 3.8) is 0 Å². The number of alkyl halides is 3. The summed E-state index contributed by atoms with van der Waals surface area (Å²) >= 11 is 5.92. The smallest absolute Gasteiger partial charge is 0.405 e. The molecular weight excluding hydrogens is 365 g/mol. The van der Waals surface area contributed by atoms with E-state index in [1.807, 2.05) is 18.2 Å². The van der Waals surface area contributed by atoms with Crippen molar-refractivity contribution in [2.24, 2.45) is 0 Å². The molecule has 1 aliphatic rings. The minimum atomic E-state index is -4.72. The summed E-state index contributed by atoms with van der Waals surface area (Å²) < 4.78 is 41.7. The Morgan fingerprint density at radius 1 is 1.12 bits per heavy atom. The highest BCUT2D eigenvalue weighted by Gasteiger charge is 2.32. The molecule has 0 saturated carbocycles. The van der Waals surface area contributed by atoms with E-state index in [0.29, 0.717) is 16.6 Å². The quantitative estimate of drug-likeness (QED) is 0.775. The number of benzene rings is 2. The third-order valence-electron chi connectivity index (χ3n) is 4.45. The Balaban J connectivity index is 1.56. The monoisotopic (exact) mass is 384 g/mol. The van der Waals surface area contributed by atoms with Crippen LogP contribution in [0.3, 0.4) is 0 Å². The molecule has 0 amide bonds. The lowest BCUT2D eigenvalue weighted by molar-refractivity contribution is -0.274. The van der Waals surface area contributed by atoms with Crippen LogP contribution in [0.5, 0.6) is 5.75 Å². The van der Waals surface area contributed by atoms with E-state index >= 15 is 0 Å². The zero-order valence-corrected chi connectivity index (χ0v) is 14.8. The first kappa shape index (κ1) is 19.0. The molecule has 2 N–H and O–H groups in total. The summed E-state index contributed by atoms with van der Waals surface area (Å²) in [4.78, 5) is 0. The van der Waals surface area contributed by atoms with Crippen LogP contribution in [0.15, 0.2) is 48.5 Å². The number of piperidine rings is 1. The summed E-state index contributed by atoms with van der Waals surface area (Å²) in [5.74, 6) is -0.222. The van der Waals surface area contributed by atoms with Crippen molar-refractivity contribution in [1.82, 2.24) is 10.6 Å². The van der Waals surface area contributed by atoms with E-state index in [1.165, 1.54) is 23.8 Å². The van der Waals surface area contributed by atoms with Gasteiger partial charge in [0.05, 0.1) is 0 Å². The van der Waals surface area contributed by atoms with Gasteiger partial charge in [0, 0.05) is 35.8 Å². The van der Waals surface area contributed by atoms with Crippen molar-refractivity contribution in [1.29, 1.82) is 0 Å². The van der Waals surface area contributed by atoms with Gasteiger partial charge in [0.1, 0.15) is 5.75 Å². The Hall–Kier alpha value is -1.76. The molecule has 0 aromatic heterocycles. The highest BCUT2D eigenvalue weighted by molar-refractivity contribution is 6.30. The first-order valence-electron chi connectivity index (χ1n) is 8.46. The van der Waals surface area contributed by atoms with Gasteiger partial charge in [-0.05, 0) is 36.6 Å². The molecular formula is C19H20ClF3N2O. The molecule has 26 heavy (non-hydrogen) atoms. The molecule has 1 aliphatic heterocycles. The van der Waals surface area contributed by atoms with Crippen LogP contribution in [0.4, 0.5) is 13.2 Å². The highest BCUT2D eigenvalue weighted by atomic mass is 35.5. The maximum absolute atomic E-state index is 12.5. The zero-order valence-electron chi connectivity index (χ0n) is 14.0. The lowest BCUT2D eigenvalue weighted by Crippen LogP contribution is -2.44. The summed E-state index contributed by atoms with van der Waals surface area (Å²) in [5.41, 5.74) is 1.64. The number of rotatable bonds is 5. The Morgan fingerprint density at radius 2 is 1.88 bits per heavy atom. The summed E-state index contributed by atoms with van der Waals surface area (Å²) in [6.07, 6.45) is -2.83. The van der Waals surface area contributed by atoms with Crippen LogP contribution in [-0.4, -0.2) is 18.9 Å². The van der Waals surface area contributed by atoms with E-state index in [1.54, 1.807) is 0 Å². The number of hydrogen-bond donors (Lipinski definition) is 2. The molecule has 2 atom stereocenters. The van der Waals surface area contributed by atoms with Crippen LogP contribution >= 0.6 is 11.6 Å². The fourth-order valence-electron chi connectivity index (χ4n) is 3.17. The Labute approximate surface area is 155 Å². The van der Waals surface area contributed by atoms with Gasteiger partial charge < -0.3 is 15.4 Å². The maximum Gasteiger partial charge on any atom is 0.573 e. The van der Waals surface area contributed by atoms with Gasteiger partial charge in [0.2, 0.25) is 0 Å². The molecule has 2 aromatic carbocycles. The fraction of sp³-hybridized carbons (Fsp3) is 0.368. The molecule has 1 saturated heterocycles. The van der Waals surface area contributed by atoms with Crippen molar-refractivity contribution in [2.45, 2.75) is 37.8 Å². The fourth-order valence-corrected chi connectivity index (χ4v) is 3.36. The lowest BCUT2D eigenvalue weighted by atomic mass is 9.95. The van der Waals surface area contributed by atoms with Gasteiger partial charge in [-0.25, -0.2) is 0 Å². The summed E-state index contributed by atoms with van der Waals surface area (Å²) in [7, 11) is 0. The second kappa shape index (κ2) is 8.29. The third kappa shape index (κ3) is 5.37. The van der Waals surface area contributed by atoms with Crippen LogP contribution in [0.25, 0.3) is 0 Å². The zero-order chi connectivity index (χ0) is 18.6. The van der Waals surface area contributed by atoms with E-state index in [4.69, 9.17) is 11.6 Å². The van der Waals surface area contributed by atoms with Crippen LogP contribution in [0.2, 0.25) is 5.02 Å². The minimum absolute atomic E-state index is 0.174. The van der Waals surface area contributed by atoms with E-state index in [2.05, 4.69) is 27.5 Å². The predicted octanol–water partition coefficient (Wildman–Crippen LogP) is 4.82. The molecule has 0 spiro atoms. The normalized spacial score (nSPS) is 20.8. The topological polar surface area (TPSA) is 33.3 Å². The summed E-state index contributed by atoms with van der Waals surface area (Å²) in [5, 5.41) is 7.16. The molecule has 1 fully saturated rings. The third-order valence-corrected chi connectivity index (χ3v) is 4.68. The molecule has 3 nitrogen and oxygen atoms in total. The van der Waals surface area contributed by atoms with Crippen molar-refractivity contribution in [3.8, 4) is 5.75 Å². The Bertz CT molecular complexity index is 716. The average molecular weight is 385 g/mol. The minimum Gasteiger partial charge on any atom is -0.405 e. The number of ether oxygens (including phenoxy) is 1. The van der Waals surface area contributed by atoms with Gasteiger partial charge in [-0.3, -0.25) is 0 Å². The van der Waals surface area contributed by atoms with Gasteiger partial charge >= 0.3 is 6.36 Å². The highest BCUT2D eigenvalue weighted by Crippen LogP contribution is 2.29. The van der Waals surface area contributed by atoms with Crippen molar-refractivity contribution in [2.75, 3.05) is 6.54 Å². The van der Waals surface area contributed by atoms with Gasteiger partial charge in [-0.1, -0.05) is 41.9 Å². The first-order valence-corrected chi connectivity index (χ1v) is 8.84. The van der Waals surface area contributed by atoms with Crippen LogP contribution in [-0.2, 0) is 6.54 Å². The number of nitrogens with one attached hydrogen (secondary N) is 2. The SMILES string of the molecule is FC(F)(F)Oc1ccc(Cl)cc1CN[C@H]1CC[C@@H](c2ccccc2)NC1. The molecule has 0 radical (unpaired) electrons. The van der Waals surface area contributed by atoms with E-state index in [9.17, 15) is 13.2 Å². The van der Waals surface area contributed by atoms with Gasteiger partial charge in [-0.2, -0.15) is 0 Å². The van der Waals surface area contributed by atoms with Crippen LogP contribution < -0.4 is 15.4 Å². The standard InChI is InChI=1S/C19H20ClF3N2O/c20-15-6-9-18(26-19(21,22)23)14(10-15)11-24-16-7-8-17(25-12-16)13-4-2-1-3-5-13/h1-6,9-10,16-17,24-25H,7-8,11-12H2/t16-,17-/m0/s1. The van der Waals surface area contributed by atoms with E-state index in [-0.39, 0.29) is 18.3 Å². The number of hydrogen-bond acceptors (Lipinski definition) is 3. The molecule has 140 valence electrons. The van der Waals surface area contributed by atoms with E-state index in [0.717, 1.165) is 19.4 Å². The van der Waals surface area contributed by atoms with Gasteiger partial charge in [-0.15, -0.1) is 13.2 Å². The first-order chi connectivity index (χ1) is 12.4. The maximum atomic E-state index is 12.5. The molecule has 1 heterocycles.